The van der Waals surface area contributed by atoms with E-state index in [0.717, 1.165) is 27.7 Å². The van der Waals surface area contributed by atoms with Gasteiger partial charge in [0.05, 0.1) is 5.69 Å². The van der Waals surface area contributed by atoms with Crippen molar-refractivity contribution in [2.75, 3.05) is 13.9 Å². The molecule has 0 aliphatic carbocycles. The second kappa shape index (κ2) is 8.16. The van der Waals surface area contributed by atoms with Crippen molar-refractivity contribution in [1.82, 2.24) is 9.97 Å². The Hall–Kier alpha value is -3.64. The van der Waals surface area contributed by atoms with E-state index in [0.29, 0.717) is 17.9 Å². The van der Waals surface area contributed by atoms with E-state index >= 15 is 0 Å². The average Bonchev–Trinajstić information content (AvgIpc) is 3.10. The van der Waals surface area contributed by atoms with Gasteiger partial charge in [-0.2, -0.15) is 0 Å². The minimum Gasteiger partial charge on any atom is -0.477 e. The van der Waals surface area contributed by atoms with E-state index in [4.69, 9.17) is 9.47 Å². The molecular weight excluding hydrogens is 368 g/mol. The number of hydrogen-bond donors (Lipinski definition) is 2. The van der Waals surface area contributed by atoms with Crippen molar-refractivity contribution in [2.45, 2.75) is 6.42 Å². The molecule has 0 spiro atoms. The van der Waals surface area contributed by atoms with Crippen LogP contribution in [0.15, 0.2) is 66.7 Å². The van der Waals surface area contributed by atoms with E-state index in [1.165, 1.54) is 6.07 Å². The van der Waals surface area contributed by atoms with Gasteiger partial charge in [-0.05, 0) is 35.4 Å². The highest BCUT2D eigenvalue weighted by Crippen LogP contribution is 2.33. The number of fused-ring (bicyclic) bond motifs is 1. The maximum Gasteiger partial charge on any atom is 0.354 e. The standard InChI is InChI=1S/C23H20N2O4/c1-28-14-29-17-10-11-18-19(12-16-8-5-9-20(24-16)23(26)27)22(25-21(18)13-17)15-6-3-2-4-7-15/h2-11,13,25H,12,14H2,1H3,(H,26,27). The molecule has 0 atom stereocenters. The Kier molecular flexibility index (Phi) is 5.27. The zero-order chi connectivity index (χ0) is 20.2. The van der Waals surface area contributed by atoms with E-state index in [-0.39, 0.29) is 12.5 Å². The van der Waals surface area contributed by atoms with Gasteiger partial charge in [0.1, 0.15) is 11.4 Å². The van der Waals surface area contributed by atoms with Crippen LogP contribution in [0.25, 0.3) is 22.2 Å². The van der Waals surface area contributed by atoms with Gasteiger partial charge in [0.2, 0.25) is 0 Å². The van der Waals surface area contributed by atoms with Crippen LogP contribution in [-0.4, -0.2) is 34.9 Å². The lowest BCUT2D eigenvalue weighted by Gasteiger charge is -2.07. The number of methoxy groups -OCH3 is 1. The van der Waals surface area contributed by atoms with E-state index < -0.39 is 5.97 Å². The Labute approximate surface area is 167 Å². The maximum atomic E-state index is 11.3. The fourth-order valence-corrected chi connectivity index (χ4v) is 3.36. The zero-order valence-electron chi connectivity index (χ0n) is 15.9. The van der Waals surface area contributed by atoms with Gasteiger partial charge < -0.3 is 19.6 Å². The molecule has 2 heterocycles. The fourth-order valence-electron chi connectivity index (χ4n) is 3.36. The quantitative estimate of drug-likeness (QED) is 0.455. The van der Waals surface area contributed by atoms with Crippen LogP contribution in [0.5, 0.6) is 5.75 Å². The number of carbonyl (C=O) groups is 1. The number of H-pyrrole nitrogens is 1. The number of carboxylic acid groups (broad SMARTS) is 1. The van der Waals surface area contributed by atoms with E-state index in [2.05, 4.69) is 9.97 Å². The smallest absolute Gasteiger partial charge is 0.354 e. The zero-order valence-corrected chi connectivity index (χ0v) is 15.9. The van der Waals surface area contributed by atoms with Crippen LogP contribution >= 0.6 is 0 Å². The molecule has 2 N–H and O–H groups in total. The van der Waals surface area contributed by atoms with E-state index in [1.807, 2.05) is 54.6 Å². The second-order valence-electron chi connectivity index (χ2n) is 6.60. The van der Waals surface area contributed by atoms with Gasteiger partial charge in [0, 0.05) is 36.2 Å². The van der Waals surface area contributed by atoms with Crippen molar-refractivity contribution in [1.29, 1.82) is 0 Å². The van der Waals surface area contributed by atoms with E-state index in [1.54, 1.807) is 13.2 Å². The van der Waals surface area contributed by atoms with Gasteiger partial charge in [-0.15, -0.1) is 0 Å². The number of aromatic carboxylic acids is 1. The molecule has 146 valence electrons. The minimum atomic E-state index is -1.03. The summed E-state index contributed by atoms with van der Waals surface area (Å²) in [6.07, 6.45) is 0.504. The highest BCUT2D eigenvalue weighted by molar-refractivity contribution is 5.92. The molecule has 2 aromatic carbocycles. The van der Waals surface area contributed by atoms with Crippen molar-refractivity contribution < 1.29 is 19.4 Å². The summed E-state index contributed by atoms with van der Waals surface area (Å²) >= 11 is 0. The number of nitrogens with zero attached hydrogens (tertiary/aromatic N) is 1. The van der Waals surface area contributed by atoms with Gasteiger partial charge in [-0.1, -0.05) is 36.4 Å². The summed E-state index contributed by atoms with van der Waals surface area (Å²) in [5, 5.41) is 10.3. The number of hydrogen-bond acceptors (Lipinski definition) is 4. The summed E-state index contributed by atoms with van der Waals surface area (Å²) < 4.78 is 10.5. The molecule has 0 amide bonds. The van der Waals surface area contributed by atoms with Crippen molar-refractivity contribution in [3.05, 3.63) is 83.7 Å². The van der Waals surface area contributed by atoms with Crippen LogP contribution in [0.1, 0.15) is 21.7 Å². The monoisotopic (exact) mass is 388 g/mol. The first-order chi connectivity index (χ1) is 14.2. The summed E-state index contributed by atoms with van der Waals surface area (Å²) in [5.74, 6) is -0.327. The van der Waals surface area contributed by atoms with Crippen LogP contribution in [-0.2, 0) is 11.2 Å². The van der Waals surface area contributed by atoms with Gasteiger partial charge in [-0.3, -0.25) is 0 Å². The number of benzene rings is 2. The maximum absolute atomic E-state index is 11.3. The van der Waals surface area contributed by atoms with Crippen molar-refractivity contribution in [2.24, 2.45) is 0 Å². The molecule has 0 aliphatic heterocycles. The summed E-state index contributed by atoms with van der Waals surface area (Å²) in [7, 11) is 1.58. The number of aromatic nitrogens is 2. The molecule has 4 aromatic rings. The molecular formula is C23H20N2O4. The largest absolute Gasteiger partial charge is 0.477 e. The number of carboxylic acids is 1. The molecule has 0 saturated heterocycles. The summed E-state index contributed by atoms with van der Waals surface area (Å²) in [4.78, 5) is 19.1. The number of rotatable bonds is 7. The third-order valence-corrected chi connectivity index (χ3v) is 4.67. The van der Waals surface area contributed by atoms with Crippen LogP contribution in [0.3, 0.4) is 0 Å². The topological polar surface area (TPSA) is 84.4 Å². The Morgan fingerprint density at radius 1 is 1.07 bits per heavy atom. The minimum absolute atomic E-state index is 0.0406. The lowest BCUT2D eigenvalue weighted by atomic mass is 10.0. The summed E-state index contributed by atoms with van der Waals surface area (Å²) in [6, 6.07) is 20.9. The summed E-state index contributed by atoms with van der Waals surface area (Å²) in [6.45, 7) is 0.177. The van der Waals surface area contributed by atoms with Crippen molar-refractivity contribution in [3.63, 3.8) is 0 Å². The van der Waals surface area contributed by atoms with Crippen LogP contribution in [0, 0.1) is 0 Å². The van der Waals surface area contributed by atoms with Gasteiger partial charge in [-0.25, -0.2) is 9.78 Å². The molecule has 6 heteroatoms. The number of aromatic amines is 1. The Morgan fingerprint density at radius 2 is 1.90 bits per heavy atom. The van der Waals surface area contributed by atoms with Crippen LogP contribution in [0.2, 0.25) is 0 Å². The molecule has 29 heavy (non-hydrogen) atoms. The molecule has 4 rings (SSSR count). The highest BCUT2D eigenvalue weighted by atomic mass is 16.7. The highest BCUT2D eigenvalue weighted by Gasteiger charge is 2.16. The third-order valence-electron chi connectivity index (χ3n) is 4.67. The lowest BCUT2D eigenvalue weighted by molar-refractivity contribution is 0.0512. The predicted molar refractivity (Wildman–Crippen MR) is 110 cm³/mol. The van der Waals surface area contributed by atoms with Gasteiger partial charge >= 0.3 is 5.97 Å². The number of pyridine rings is 1. The molecule has 0 saturated carbocycles. The lowest BCUT2D eigenvalue weighted by Crippen LogP contribution is -2.03. The van der Waals surface area contributed by atoms with Crippen molar-refractivity contribution >= 4 is 16.9 Å². The summed E-state index contributed by atoms with van der Waals surface area (Å²) in [5.41, 5.74) is 4.75. The van der Waals surface area contributed by atoms with Crippen LogP contribution in [0.4, 0.5) is 0 Å². The average molecular weight is 388 g/mol. The molecule has 0 aliphatic rings. The molecule has 2 aromatic heterocycles. The molecule has 6 nitrogen and oxygen atoms in total. The second-order valence-corrected chi connectivity index (χ2v) is 6.60. The number of nitrogens with one attached hydrogen (secondary N) is 1. The SMILES string of the molecule is COCOc1ccc2c(Cc3cccc(C(=O)O)n3)c(-c3ccccc3)[nH]c2c1. The normalized spacial score (nSPS) is 10.9. The predicted octanol–water partition coefficient (Wildman–Crippen LogP) is 4.50. The Morgan fingerprint density at radius 3 is 2.66 bits per heavy atom. The van der Waals surface area contributed by atoms with Crippen molar-refractivity contribution in [3.8, 4) is 17.0 Å². The molecule has 0 unspecified atom stereocenters. The Balaban J connectivity index is 1.81. The van der Waals surface area contributed by atoms with Gasteiger partial charge in [0.15, 0.2) is 6.79 Å². The fraction of sp³-hybridized carbons (Fsp3) is 0.130. The van der Waals surface area contributed by atoms with Gasteiger partial charge in [0.25, 0.3) is 0 Å². The van der Waals surface area contributed by atoms with Crippen LogP contribution < -0.4 is 4.74 Å². The molecule has 0 fully saturated rings. The Bertz CT molecular complexity index is 1150. The first-order valence-electron chi connectivity index (χ1n) is 9.16. The molecule has 0 bridgehead atoms. The van der Waals surface area contributed by atoms with E-state index in [9.17, 15) is 9.90 Å². The third kappa shape index (κ3) is 3.97. The number of ether oxygens (including phenoxy) is 2. The first-order valence-corrected chi connectivity index (χ1v) is 9.16. The first kappa shape index (κ1) is 18.7. The molecule has 0 radical (unpaired) electrons.